The molecule has 0 radical (unpaired) electrons. The van der Waals surface area contributed by atoms with Crippen molar-refractivity contribution in [1.82, 2.24) is 10.2 Å². The zero-order chi connectivity index (χ0) is 20.2. The van der Waals surface area contributed by atoms with Gasteiger partial charge in [-0.15, -0.1) is 25.7 Å². The maximum absolute atomic E-state index is 11.6. The number of alkyl carbamates (subject to hydrolysis) is 1. The number of hydrogen-bond acceptors (Lipinski definition) is 3. The number of terminal acetylenes is 2. The van der Waals surface area contributed by atoms with Crippen molar-refractivity contribution in [3.05, 3.63) is 0 Å². The van der Waals surface area contributed by atoms with Gasteiger partial charge in [-0.2, -0.15) is 0 Å². The Labute approximate surface area is 149 Å². The summed E-state index contributed by atoms with van der Waals surface area (Å²) in [6.45, 7) is 15.0. The fraction of sp³-hybridized carbons (Fsp3) is 0.684. The van der Waals surface area contributed by atoms with Gasteiger partial charge in [0.25, 0.3) is 0 Å². The lowest BCUT2D eigenvalue weighted by Gasteiger charge is -2.20. The number of carbonyl (C=O) groups is 2. The summed E-state index contributed by atoms with van der Waals surface area (Å²) in [6, 6.07) is 0. The molecule has 1 rings (SSSR count). The molecule has 1 fully saturated rings. The summed E-state index contributed by atoms with van der Waals surface area (Å²) in [4.78, 5) is 24.6. The zero-order valence-corrected chi connectivity index (χ0v) is 16.5. The van der Waals surface area contributed by atoms with Gasteiger partial charge >= 0.3 is 6.09 Å². The standard InChI is InChI=1S/C11H20N2O3.2C2H6.2C2H2/c1-11(2,3)16-10(15)12-8-9(14)13-6-4-5-7-13;4*1-2/h4-8H2,1-3H3,(H,12,15);2*1-2H3;2*1-2H. The van der Waals surface area contributed by atoms with E-state index in [1.54, 1.807) is 25.7 Å². The molecule has 5 heteroatoms. The largest absolute Gasteiger partial charge is 0.444 e. The van der Waals surface area contributed by atoms with Gasteiger partial charge in [0.15, 0.2) is 0 Å². The normalized spacial score (nSPS) is 11.4. The van der Waals surface area contributed by atoms with E-state index in [1.165, 1.54) is 0 Å². The highest BCUT2D eigenvalue weighted by atomic mass is 16.6. The highest BCUT2D eigenvalue weighted by Crippen LogP contribution is 2.08. The van der Waals surface area contributed by atoms with Crippen LogP contribution in [0.1, 0.15) is 61.3 Å². The number of likely N-dealkylation sites (tertiary alicyclic amines) is 1. The topological polar surface area (TPSA) is 58.6 Å². The quantitative estimate of drug-likeness (QED) is 0.780. The van der Waals surface area contributed by atoms with E-state index in [0.717, 1.165) is 25.9 Å². The highest BCUT2D eigenvalue weighted by Gasteiger charge is 2.20. The van der Waals surface area contributed by atoms with Gasteiger partial charge in [-0.1, -0.05) is 27.7 Å². The molecule has 1 saturated heterocycles. The fourth-order valence-electron chi connectivity index (χ4n) is 1.54. The van der Waals surface area contributed by atoms with Crippen molar-refractivity contribution in [3.63, 3.8) is 0 Å². The van der Waals surface area contributed by atoms with Crippen molar-refractivity contribution < 1.29 is 14.3 Å². The van der Waals surface area contributed by atoms with E-state index < -0.39 is 11.7 Å². The summed E-state index contributed by atoms with van der Waals surface area (Å²) in [7, 11) is 0. The minimum absolute atomic E-state index is 0.0227. The minimum atomic E-state index is -0.542. The van der Waals surface area contributed by atoms with Crippen molar-refractivity contribution in [2.45, 2.75) is 66.9 Å². The molecule has 0 atom stereocenters. The summed E-state index contributed by atoms with van der Waals surface area (Å²) < 4.78 is 5.03. The monoisotopic (exact) mass is 340 g/mol. The number of rotatable bonds is 2. The SMILES string of the molecule is C#C.C#C.CC.CC.CC(C)(C)OC(=O)NCC(=O)N1CCCC1. The van der Waals surface area contributed by atoms with Crippen LogP contribution in [0.3, 0.4) is 0 Å². The van der Waals surface area contributed by atoms with Gasteiger partial charge in [-0.05, 0) is 33.6 Å². The average molecular weight is 341 g/mol. The predicted octanol–water partition coefficient (Wildman–Crippen LogP) is 3.68. The Morgan fingerprint density at radius 2 is 1.33 bits per heavy atom. The van der Waals surface area contributed by atoms with Crippen molar-refractivity contribution in [1.29, 1.82) is 0 Å². The second-order valence-electron chi connectivity index (χ2n) is 4.94. The Hall–Kier alpha value is -2.14. The van der Waals surface area contributed by atoms with Gasteiger partial charge in [0.1, 0.15) is 12.1 Å². The fourth-order valence-corrected chi connectivity index (χ4v) is 1.54. The van der Waals surface area contributed by atoms with Crippen LogP contribution in [0.5, 0.6) is 0 Å². The summed E-state index contributed by atoms with van der Waals surface area (Å²) >= 11 is 0. The van der Waals surface area contributed by atoms with Crippen molar-refractivity contribution >= 4 is 12.0 Å². The molecule has 1 heterocycles. The van der Waals surface area contributed by atoms with Crippen LogP contribution in [-0.4, -0.2) is 42.1 Å². The van der Waals surface area contributed by atoms with Crippen LogP contribution in [0.2, 0.25) is 0 Å². The maximum atomic E-state index is 11.6. The summed E-state index contributed by atoms with van der Waals surface area (Å²) in [5.41, 5.74) is -0.527. The molecule has 2 amide bonds. The Bertz CT molecular complexity index is 330. The smallest absolute Gasteiger partial charge is 0.408 e. The molecule has 0 aromatic rings. The molecular formula is C19H36N2O3. The van der Waals surface area contributed by atoms with Crippen molar-refractivity contribution in [2.75, 3.05) is 19.6 Å². The summed E-state index contributed by atoms with van der Waals surface area (Å²) in [5.74, 6) is -0.0386. The van der Waals surface area contributed by atoms with Crippen LogP contribution in [0, 0.1) is 25.7 Å². The van der Waals surface area contributed by atoms with Gasteiger partial charge in [0, 0.05) is 13.1 Å². The third-order valence-electron chi connectivity index (χ3n) is 2.24. The molecule has 1 aliphatic rings. The zero-order valence-electron chi connectivity index (χ0n) is 16.5. The minimum Gasteiger partial charge on any atom is -0.444 e. The molecule has 0 aromatic heterocycles. The molecular weight excluding hydrogens is 304 g/mol. The first-order valence-corrected chi connectivity index (χ1v) is 8.30. The van der Waals surface area contributed by atoms with Crippen LogP contribution in [0.15, 0.2) is 0 Å². The molecule has 0 aromatic carbocycles. The first-order valence-electron chi connectivity index (χ1n) is 8.30. The first kappa shape index (κ1) is 29.8. The summed E-state index contributed by atoms with van der Waals surface area (Å²) in [5, 5.41) is 2.46. The van der Waals surface area contributed by atoms with Crippen molar-refractivity contribution in [2.24, 2.45) is 0 Å². The molecule has 0 bridgehead atoms. The molecule has 140 valence electrons. The second-order valence-corrected chi connectivity index (χ2v) is 4.94. The lowest BCUT2D eigenvalue weighted by atomic mass is 10.2. The van der Waals surface area contributed by atoms with E-state index in [0.29, 0.717) is 0 Å². The third kappa shape index (κ3) is 19.9. The summed E-state index contributed by atoms with van der Waals surface area (Å²) in [6.07, 6.45) is 17.6. The third-order valence-corrected chi connectivity index (χ3v) is 2.24. The van der Waals surface area contributed by atoms with Crippen LogP contribution < -0.4 is 5.32 Å². The number of nitrogens with one attached hydrogen (secondary N) is 1. The van der Waals surface area contributed by atoms with E-state index in [2.05, 4.69) is 31.0 Å². The van der Waals surface area contributed by atoms with Gasteiger partial charge < -0.3 is 15.0 Å². The van der Waals surface area contributed by atoms with E-state index in [4.69, 9.17) is 4.74 Å². The lowest BCUT2D eigenvalue weighted by Crippen LogP contribution is -2.40. The lowest BCUT2D eigenvalue weighted by molar-refractivity contribution is -0.129. The number of hydrogen-bond donors (Lipinski definition) is 1. The molecule has 24 heavy (non-hydrogen) atoms. The second kappa shape index (κ2) is 20.9. The van der Waals surface area contributed by atoms with Crippen LogP contribution >= 0.6 is 0 Å². The van der Waals surface area contributed by atoms with E-state index in [1.807, 2.05) is 27.7 Å². The highest BCUT2D eigenvalue weighted by molar-refractivity contribution is 5.82. The molecule has 0 saturated carbocycles. The molecule has 0 unspecified atom stereocenters. The van der Waals surface area contributed by atoms with E-state index in [9.17, 15) is 9.59 Å². The Morgan fingerprint density at radius 3 is 1.67 bits per heavy atom. The van der Waals surface area contributed by atoms with Gasteiger partial charge in [-0.25, -0.2) is 4.79 Å². The molecule has 1 aliphatic heterocycles. The maximum Gasteiger partial charge on any atom is 0.408 e. The molecule has 0 aliphatic carbocycles. The van der Waals surface area contributed by atoms with E-state index >= 15 is 0 Å². The number of nitrogens with zero attached hydrogens (tertiary/aromatic N) is 1. The van der Waals surface area contributed by atoms with E-state index in [-0.39, 0.29) is 12.5 Å². The Kier molecular flexibility index (Phi) is 25.9. The molecule has 0 spiro atoms. The molecule has 1 N–H and O–H groups in total. The molecule has 5 nitrogen and oxygen atoms in total. The predicted molar refractivity (Wildman–Crippen MR) is 103 cm³/mol. The average Bonchev–Trinajstić information content (AvgIpc) is 3.13. The number of ether oxygens (including phenoxy) is 1. The van der Waals surface area contributed by atoms with Gasteiger partial charge in [0.2, 0.25) is 5.91 Å². The first-order chi connectivity index (χ1) is 11.4. The van der Waals surface area contributed by atoms with Crippen LogP contribution in [-0.2, 0) is 9.53 Å². The number of carbonyl (C=O) groups excluding carboxylic acids is 2. The van der Waals surface area contributed by atoms with Crippen molar-refractivity contribution in [3.8, 4) is 25.7 Å². The Balaban J connectivity index is -0.000000218. The van der Waals surface area contributed by atoms with Gasteiger partial charge in [0.05, 0.1) is 0 Å². The van der Waals surface area contributed by atoms with Crippen LogP contribution in [0.4, 0.5) is 4.79 Å². The van der Waals surface area contributed by atoms with Gasteiger partial charge in [-0.3, -0.25) is 4.79 Å². The Morgan fingerprint density at radius 1 is 0.958 bits per heavy atom. The number of amides is 2. The van der Waals surface area contributed by atoms with Crippen LogP contribution in [0.25, 0.3) is 0 Å².